The standard InChI is InChI=1S/C14H25N5/c1-3-12(2)18-6-8-19(9-7-18)14(10-15)13-4-5-16-11-17-13/h4-5,11-12,14H,3,6-10,15H2,1-2H3. The molecule has 2 N–H and O–H groups in total. The lowest BCUT2D eigenvalue weighted by Crippen LogP contribution is -2.51. The van der Waals surface area contributed by atoms with Crippen LogP contribution in [-0.2, 0) is 0 Å². The van der Waals surface area contributed by atoms with E-state index in [2.05, 4.69) is 33.6 Å². The summed E-state index contributed by atoms with van der Waals surface area (Å²) >= 11 is 0. The topological polar surface area (TPSA) is 58.3 Å². The molecule has 2 rings (SSSR count). The number of aromatic nitrogens is 2. The fourth-order valence-corrected chi connectivity index (χ4v) is 2.70. The van der Waals surface area contributed by atoms with Crippen LogP contribution >= 0.6 is 0 Å². The molecule has 0 spiro atoms. The molecule has 0 aromatic carbocycles. The third kappa shape index (κ3) is 3.49. The smallest absolute Gasteiger partial charge is 0.115 e. The van der Waals surface area contributed by atoms with E-state index < -0.39 is 0 Å². The number of nitrogens with zero attached hydrogens (tertiary/aromatic N) is 4. The van der Waals surface area contributed by atoms with E-state index in [1.807, 2.05) is 6.07 Å². The molecule has 0 amide bonds. The molecule has 2 atom stereocenters. The second kappa shape index (κ2) is 6.93. The first-order valence-electron chi connectivity index (χ1n) is 7.20. The summed E-state index contributed by atoms with van der Waals surface area (Å²) in [5, 5.41) is 0. The van der Waals surface area contributed by atoms with Gasteiger partial charge in [0.2, 0.25) is 0 Å². The molecule has 0 saturated carbocycles. The lowest BCUT2D eigenvalue weighted by molar-refractivity contribution is 0.0731. The number of hydrogen-bond acceptors (Lipinski definition) is 5. The van der Waals surface area contributed by atoms with E-state index in [9.17, 15) is 0 Å². The fourth-order valence-electron chi connectivity index (χ4n) is 2.70. The van der Waals surface area contributed by atoms with E-state index in [4.69, 9.17) is 5.73 Å². The molecule has 106 valence electrons. The molecule has 19 heavy (non-hydrogen) atoms. The molecule has 1 saturated heterocycles. The average Bonchev–Trinajstić information content (AvgIpc) is 2.49. The van der Waals surface area contributed by atoms with Gasteiger partial charge in [0.15, 0.2) is 0 Å². The highest BCUT2D eigenvalue weighted by atomic mass is 15.3. The first-order valence-corrected chi connectivity index (χ1v) is 7.20. The van der Waals surface area contributed by atoms with Crippen LogP contribution in [0.5, 0.6) is 0 Å². The molecule has 1 fully saturated rings. The van der Waals surface area contributed by atoms with Crippen molar-refractivity contribution in [2.75, 3.05) is 32.7 Å². The van der Waals surface area contributed by atoms with Gasteiger partial charge in [-0.1, -0.05) is 6.92 Å². The SMILES string of the molecule is CCC(C)N1CCN(C(CN)c2ccncn2)CC1. The molecule has 1 aliphatic heterocycles. The summed E-state index contributed by atoms with van der Waals surface area (Å²) < 4.78 is 0. The van der Waals surface area contributed by atoms with Crippen LogP contribution in [-0.4, -0.2) is 58.5 Å². The van der Waals surface area contributed by atoms with Gasteiger partial charge in [-0.15, -0.1) is 0 Å². The van der Waals surface area contributed by atoms with Crippen LogP contribution in [0.1, 0.15) is 32.0 Å². The van der Waals surface area contributed by atoms with Crippen LogP contribution in [0.2, 0.25) is 0 Å². The summed E-state index contributed by atoms with van der Waals surface area (Å²) in [5.74, 6) is 0. The number of hydrogen-bond donors (Lipinski definition) is 1. The van der Waals surface area contributed by atoms with Gasteiger partial charge in [0.1, 0.15) is 6.33 Å². The molecule has 0 aliphatic carbocycles. The number of piperazine rings is 1. The normalized spacial score (nSPS) is 21.2. The van der Waals surface area contributed by atoms with E-state index in [0.29, 0.717) is 12.6 Å². The summed E-state index contributed by atoms with van der Waals surface area (Å²) in [7, 11) is 0. The molecule has 1 aromatic heterocycles. The molecule has 0 radical (unpaired) electrons. The lowest BCUT2D eigenvalue weighted by atomic mass is 10.1. The van der Waals surface area contributed by atoms with E-state index in [-0.39, 0.29) is 6.04 Å². The Labute approximate surface area is 115 Å². The van der Waals surface area contributed by atoms with Gasteiger partial charge in [-0.05, 0) is 19.4 Å². The van der Waals surface area contributed by atoms with E-state index >= 15 is 0 Å². The molecular weight excluding hydrogens is 238 g/mol. The van der Waals surface area contributed by atoms with Crippen molar-refractivity contribution >= 4 is 0 Å². The summed E-state index contributed by atoms with van der Waals surface area (Å²) in [4.78, 5) is 13.3. The van der Waals surface area contributed by atoms with Crippen molar-refractivity contribution in [3.05, 3.63) is 24.3 Å². The van der Waals surface area contributed by atoms with Crippen LogP contribution in [0.25, 0.3) is 0 Å². The zero-order valence-corrected chi connectivity index (χ0v) is 12.0. The highest BCUT2D eigenvalue weighted by Crippen LogP contribution is 2.20. The maximum absolute atomic E-state index is 5.94. The monoisotopic (exact) mass is 263 g/mol. The molecule has 1 aromatic rings. The first kappa shape index (κ1) is 14.4. The Hall–Kier alpha value is -1.04. The van der Waals surface area contributed by atoms with Gasteiger partial charge in [-0.2, -0.15) is 0 Å². The second-order valence-corrected chi connectivity index (χ2v) is 5.21. The molecule has 5 nitrogen and oxygen atoms in total. The summed E-state index contributed by atoms with van der Waals surface area (Å²) in [6.45, 7) is 9.54. The molecule has 0 bridgehead atoms. The fraction of sp³-hybridized carbons (Fsp3) is 0.714. The number of nitrogens with two attached hydrogens (primary N) is 1. The van der Waals surface area contributed by atoms with E-state index in [0.717, 1.165) is 31.9 Å². The maximum Gasteiger partial charge on any atom is 0.115 e. The van der Waals surface area contributed by atoms with Gasteiger partial charge >= 0.3 is 0 Å². The van der Waals surface area contributed by atoms with Crippen LogP contribution in [0.4, 0.5) is 0 Å². The van der Waals surface area contributed by atoms with Gasteiger partial charge < -0.3 is 5.73 Å². The van der Waals surface area contributed by atoms with Gasteiger partial charge in [-0.25, -0.2) is 9.97 Å². The van der Waals surface area contributed by atoms with Crippen LogP contribution < -0.4 is 5.73 Å². The Morgan fingerprint density at radius 1 is 1.26 bits per heavy atom. The van der Waals surface area contributed by atoms with Crippen molar-refractivity contribution in [2.45, 2.75) is 32.4 Å². The van der Waals surface area contributed by atoms with Crippen LogP contribution in [0.15, 0.2) is 18.6 Å². The molecule has 5 heteroatoms. The Bertz CT molecular complexity index is 361. The summed E-state index contributed by atoms with van der Waals surface area (Å²) in [6.07, 6.45) is 4.61. The quantitative estimate of drug-likeness (QED) is 0.855. The molecular formula is C14H25N5. The predicted octanol–water partition coefficient (Wildman–Crippen LogP) is 0.892. The zero-order chi connectivity index (χ0) is 13.7. The van der Waals surface area contributed by atoms with Gasteiger partial charge in [-0.3, -0.25) is 9.80 Å². The molecule has 2 unspecified atom stereocenters. The van der Waals surface area contributed by atoms with E-state index in [1.54, 1.807) is 12.5 Å². The Morgan fingerprint density at radius 3 is 2.47 bits per heavy atom. The number of rotatable bonds is 5. The Kier molecular flexibility index (Phi) is 5.24. The average molecular weight is 263 g/mol. The van der Waals surface area contributed by atoms with Gasteiger partial charge in [0.05, 0.1) is 11.7 Å². The van der Waals surface area contributed by atoms with E-state index in [1.165, 1.54) is 6.42 Å². The zero-order valence-electron chi connectivity index (χ0n) is 12.0. The highest BCUT2D eigenvalue weighted by molar-refractivity contribution is 5.06. The Morgan fingerprint density at radius 2 is 1.95 bits per heavy atom. The van der Waals surface area contributed by atoms with Crippen LogP contribution in [0.3, 0.4) is 0 Å². The lowest BCUT2D eigenvalue weighted by Gasteiger charge is -2.40. The minimum atomic E-state index is 0.224. The third-order valence-corrected chi connectivity index (χ3v) is 4.17. The van der Waals surface area contributed by atoms with Gasteiger partial charge in [0, 0.05) is 45.0 Å². The minimum Gasteiger partial charge on any atom is -0.329 e. The first-order chi connectivity index (χ1) is 9.26. The van der Waals surface area contributed by atoms with Crippen molar-refractivity contribution < 1.29 is 0 Å². The summed E-state index contributed by atoms with van der Waals surface area (Å²) in [5.41, 5.74) is 6.98. The largest absolute Gasteiger partial charge is 0.329 e. The van der Waals surface area contributed by atoms with Crippen molar-refractivity contribution in [3.63, 3.8) is 0 Å². The summed E-state index contributed by atoms with van der Waals surface area (Å²) in [6, 6.07) is 2.87. The third-order valence-electron chi connectivity index (χ3n) is 4.17. The van der Waals surface area contributed by atoms with Crippen molar-refractivity contribution in [1.29, 1.82) is 0 Å². The molecule has 1 aliphatic rings. The van der Waals surface area contributed by atoms with Crippen LogP contribution in [0, 0.1) is 0 Å². The maximum atomic E-state index is 5.94. The second-order valence-electron chi connectivity index (χ2n) is 5.21. The van der Waals surface area contributed by atoms with Crippen molar-refractivity contribution in [3.8, 4) is 0 Å². The van der Waals surface area contributed by atoms with Gasteiger partial charge in [0.25, 0.3) is 0 Å². The Balaban J connectivity index is 1.96. The predicted molar refractivity (Wildman–Crippen MR) is 76.7 cm³/mol. The molecule has 2 heterocycles. The van der Waals surface area contributed by atoms with Crippen molar-refractivity contribution in [1.82, 2.24) is 19.8 Å². The highest BCUT2D eigenvalue weighted by Gasteiger charge is 2.26. The minimum absolute atomic E-state index is 0.224. The van der Waals surface area contributed by atoms with Crippen molar-refractivity contribution in [2.24, 2.45) is 5.73 Å².